The van der Waals surface area contributed by atoms with E-state index in [-0.39, 0.29) is 19.1 Å². The lowest BCUT2D eigenvalue weighted by Crippen LogP contribution is -2.54. The van der Waals surface area contributed by atoms with Gasteiger partial charge in [0.05, 0.1) is 31.4 Å². The molecule has 1 aliphatic heterocycles. The predicted molar refractivity (Wildman–Crippen MR) is 82.0 cm³/mol. The van der Waals surface area contributed by atoms with Crippen molar-refractivity contribution in [3.8, 4) is 0 Å². The van der Waals surface area contributed by atoms with Gasteiger partial charge in [-0.2, -0.15) is 0 Å². The molecule has 0 amide bonds. The van der Waals surface area contributed by atoms with E-state index in [1.165, 1.54) is 0 Å². The van der Waals surface area contributed by atoms with Gasteiger partial charge in [-0.25, -0.2) is 0 Å². The molecule has 1 heterocycles. The quantitative estimate of drug-likeness (QED) is 0.490. The third-order valence-electron chi connectivity index (χ3n) is 3.81. The number of hydrogen-bond donors (Lipinski definition) is 1. The molecule has 0 bridgehead atoms. The van der Waals surface area contributed by atoms with Crippen LogP contribution in [0.4, 0.5) is 0 Å². The molecule has 0 saturated carbocycles. The van der Waals surface area contributed by atoms with Crippen molar-refractivity contribution in [2.24, 2.45) is 16.1 Å². The molecule has 1 aromatic rings. The number of aliphatic hydroxyl groups excluding tert-OH is 1. The number of benzene rings is 1. The molecule has 1 aliphatic rings. The first kappa shape index (κ1) is 17.1. The molecule has 0 radical (unpaired) electrons. The molecule has 2 unspecified atom stereocenters. The summed E-state index contributed by atoms with van der Waals surface area (Å²) in [5.41, 5.74) is 18.1. The van der Waals surface area contributed by atoms with Crippen molar-refractivity contribution in [2.45, 2.75) is 38.1 Å². The lowest BCUT2D eigenvalue weighted by molar-refractivity contribution is -0.247. The highest BCUT2D eigenvalue weighted by molar-refractivity contribution is 5.13. The van der Waals surface area contributed by atoms with Crippen molar-refractivity contribution < 1.29 is 14.6 Å². The fourth-order valence-electron chi connectivity index (χ4n) is 2.50. The molecule has 0 spiro atoms. The summed E-state index contributed by atoms with van der Waals surface area (Å²) in [7, 11) is 0. The van der Waals surface area contributed by atoms with Crippen molar-refractivity contribution in [3.63, 3.8) is 0 Å². The van der Waals surface area contributed by atoms with E-state index in [2.05, 4.69) is 20.1 Å². The number of nitrogens with zero attached hydrogens (tertiary/aromatic N) is 6. The molecule has 5 atom stereocenters. The van der Waals surface area contributed by atoms with Crippen LogP contribution in [0.1, 0.15) is 12.5 Å². The second-order valence-electron chi connectivity index (χ2n) is 5.30. The molecule has 1 aromatic carbocycles. The molecular weight excluding hydrogens is 300 g/mol. The highest BCUT2D eigenvalue weighted by Crippen LogP contribution is 2.30. The van der Waals surface area contributed by atoms with E-state index in [0.717, 1.165) is 5.56 Å². The lowest BCUT2D eigenvalue weighted by atomic mass is 9.89. The predicted octanol–water partition coefficient (Wildman–Crippen LogP) is 2.91. The fourth-order valence-corrected chi connectivity index (χ4v) is 2.50. The maximum atomic E-state index is 10.2. The Labute approximate surface area is 133 Å². The zero-order valence-electron chi connectivity index (χ0n) is 12.6. The highest BCUT2D eigenvalue weighted by atomic mass is 16.7. The molecule has 0 aliphatic carbocycles. The zero-order valence-corrected chi connectivity index (χ0v) is 12.6. The molecule has 0 aromatic heterocycles. The van der Waals surface area contributed by atoms with Crippen LogP contribution in [0.5, 0.6) is 0 Å². The summed E-state index contributed by atoms with van der Waals surface area (Å²) < 4.78 is 11.4. The van der Waals surface area contributed by atoms with E-state index in [4.69, 9.17) is 20.5 Å². The van der Waals surface area contributed by atoms with Gasteiger partial charge < -0.3 is 14.6 Å². The maximum absolute atomic E-state index is 10.2. The third-order valence-corrected chi connectivity index (χ3v) is 3.81. The van der Waals surface area contributed by atoms with E-state index < -0.39 is 24.5 Å². The van der Waals surface area contributed by atoms with E-state index in [1.807, 2.05) is 30.3 Å². The van der Waals surface area contributed by atoms with Crippen LogP contribution < -0.4 is 0 Å². The van der Waals surface area contributed by atoms with Crippen LogP contribution in [0.3, 0.4) is 0 Å². The van der Waals surface area contributed by atoms with Crippen LogP contribution in [0.25, 0.3) is 20.9 Å². The van der Waals surface area contributed by atoms with Gasteiger partial charge in [0.15, 0.2) is 6.29 Å². The van der Waals surface area contributed by atoms with Crippen LogP contribution in [0.2, 0.25) is 0 Å². The average Bonchev–Trinajstić information content (AvgIpc) is 2.58. The smallest absolute Gasteiger partial charge is 0.167 e. The van der Waals surface area contributed by atoms with Gasteiger partial charge in [-0.05, 0) is 22.5 Å². The molecular formula is C14H18N6O3. The van der Waals surface area contributed by atoms with Gasteiger partial charge in [0.1, 0.15) is 0 Å². The molecule has 9 nitrogen and oxygen atoms in total. The van der Waals surface area contributed by atoms with Crippen LogP contribution in [0, 0.1) is 5.92 Å². The lowest BCUT2D eigenvalue weighted by Gasteiger charge is -2.41. The number of azide groups is 2. The number of aliphatic hydroxyl groups is 1. The van der Waals surface area contributed by atoms with Gasteiger partial charge in [0, 0.05) is 9.82 Å². The van der Waals surface area contributed by atoms with Crippen molar-refractivity contribution in [1.29, 1.82) is 0 Å². The minimum absolute atomic E-state index is 0.0177. The van der Waals surface area contributed by atoms with Gasteiger partial charge in [0.2, 0.25) is 0 Å². The summed E-state index contributed by atoms with van der Waals surface area (Å²) in [5.74, 6) is -0.390. The topological polar surface area (TPSA) is 136 Å². The van der Waals surface area contributed by atoms with Gasteiger partial charge in [0.25, 0.3) is 0 Å². The zero-order chi connectivity index (χ0) is 16.7. The van der Waals surface area contributed by atoms with Crippen LogP contribution in [-0.4, -0.2) is 36.2 Å². The minimum atomic E-state index is -0.910. The van der Waals surface area contributed by atoms with E-state index in [1.54, 1.807) is 6.92 Å². The van der Waals surface area contributed by atoms with Crippen LogP contribution in [-0.2, 0) is 16.1 Å². The summed E-state index contributed by atoms with van der Waals surface area (Å²) >= 11 is 0. The third kappa shape index (κ3) is 4.35. The second-order valence-corrected chi connectivity index (χ2v) is 5.30. The number of hydrogen-bond acceptors (Lipinski definition) is 5. The normalized spacial score (nSPS) is 30.1. The molecule has 1 N–H and O–H groups in total. The largest absolute Gasteiger partial charge is 0.390 e. The first-order valence-electron chi connectivity index (χ1n) is 7.21. The standard InChI is InChI=1S/C14H18N6O3/c1-9-12(18-20-16)14(22-8-10-5-3-2-4-6-10)23-11(13(9)21)7-17-19-15/h2-6,9,11-14,21H,7-8H2,1H3/t9-,11+,12?,13-,14?/m0/s1. The van der Waals surface area contributed by atoms with Gasteiger partial charge in [-0.1, -0.05) is 47.5 Å². The van der Waals surface area contributed by atoms with Crippen molar-refractivity contribution >= 4 is 0 Å². The fraction of sp³-hybridized carbons (Fsp3) is 0.571. The summed E-state index contributed by atoms with van der Waals surface area (Å²) in [5, 5.41) is 17.3. The van der Waals surface area contributed by atoms with Crippen LogP contribution >= 0.6 is 0 Å². The Morgan fingerprint density at radius 3 is 2.65 bits per heavy atom. The molecule has 122 valence electrons. The molecule has 1 saturated heterocycles. The first-order valence-corrected chi connectivity index (χ1v) is 7.21. The summed E-state index contributed by atoms with van der Waals surface area (Å²) in [6.45, 7) is 2.00. The minimum Gasteiger partial charge on any atom is -0.390 e. The highest BCUT2D eigenvalue weighted by Gasteiger charge is 2.42. The van der Waals surface area contributed by atoms with E-state index in [9.17, 15) is 5.11 Å². The van der Waals surface area contributed by atoms with Gasteiger partial charge in [-0.15, -0.1) is 0 Å². The van der Waals surface area contributed by atoms with Crippen molar-refractivity contribution in [2.75, 3.05) is 6.54 Å². The maximum Gasteiger partial charge on any atom is 0.167 e. The Hall–Kier alpha value is -2.28. The van der Waals surface area contributed by atoms with Gasteiger partial charge >= 0.3 is 0 Å². The van der Waals surface area contributed by atoms with Crippen LogP contribution in [0.15, 0.2) is 40.6 Å². The summed E-state index contributed by atoms with van der Waals surface area (Å²) in [6.07, 6.45) is -2.43. The number of rotatable bonds is 6. The van der Waals surface area contributed by atoms with E-state index in [0.29, 0.717) is 0 Å². The monoisotopic (exact) mass is 318 g/mol. The van der Waals surface area contributed by atoms with Gasteiger partial charge in [-0.3, -0.25) is 0 Å². The van der Waals surface area contributed by atoms with Crippen molar-refractivity contribution in [1.82, 2.24) is 0 Å². The summed E-state index contributed by atoms with van der Waals surface area (Å²) in [6, 6.07) is 8.82. The van der Waals surface area contributed by atoms with Crippen molar-refractivity contribution in [3.05, 3.63) is 56.8 Å². The Balaban J connectivity index is 2.11. The second kappa shape index (κ2) is 8.38. The molecule has 2 rings (SSSR count). The van der Waals surface area contributed by atoms with E-state index >= 15 is 0 Å². The Morgan fingerprint density at radius 2 is 2.00 bits per heavy atom. The first-order chi connectivity index (χ1) is 11.2. The Bertz CT molecular complexity index is 598. The summed E-state index contributed by atoms with van der Waals surface area (Å²) in [4.78, 5) is 5.48. The molecule has 9 heteroatoms. The molecule has 23 heavy (non-hydrogen) atoms. The SMILES string of the molecule is C[C@H]1C(N=[N+]=[N-])C(OCc2ccccc2)O[C@H](CN=[N+]=[N-])[C@H]1O. The average molecular weight is 318 g/mol. The Kier molecular flexibility index (Phi) is 6.22. The molecule has 1 fully saturated rings. The number of ether oxygens (including phenoxy) is 2. The Morgan fingerprint density at radius 1 is 1.26 bits per heavy atom.